The molecule has 1 atom stereocenters. The molecule has 16 heavy (non-hydrogen) atoms. The quantitative estimate of drug-likeness (QED) is 0.801. The lowest BCUT2D eigenvalue weighted by molar-refractivity contribution is 0.317. The summed E-state index contributed by atoms with van der Waals surface area (Å²) in [5.74, 6) is 1.19. The number of hydrogen-bond donors (Lipinski definition) is 1. The van der Waals surface area contributed by atoms with E-state index in [1.54, 1.807) is 0 Å². The van der Waals surface area contributed by atoms with Crippen LogP contribution in [0.4, 0.5) is 0 Å². The predicted molar refractivity (Wildman–Crippen MR) is 72.2 cm³/mol. The molecule has 2 saturated heterocycles. The summed E-state index contributed by atoms with van der Waals surface area (Å²) in [4.78, 5) is 7.17. The largest absolute Gasteiger partial charge is 0.360 e. The zero-order valence-corrected chi connectivity index (χ0v) is 11.4. The van der Waals surface area contributed by atoms with Crippen molar-refractivity contribution in [1.82, 2.24) is 10.2 Å². The molecule has 2 heterocycles. The van der Waals surface area contributed by atoms with Crippen molar-refractivity contribution < 1.29 is 0 Å². The van der Waals surface area contributed by atoms with Crippen molar-refractivity contribution in [3.8, 4) is 0 Å². The monoisotopic (exact) mass is 241 g/mol. The lowest BCUT2D eigenvalue weighted by atomic mass is 10.0. The molecule has 3 nitrogen and oxygen atoms in total. The van der Waals surface area contributed by atoms with E-state index in [0.29, 0.717) is 6.04 Å². The van der Waals surface area contributed by atoms with E-state index in [9.17, 15) is 0 Å². The molecule has 1 N–H and O–H groups in total. The third-order valence-corrected chi connectivity index (χ3v) is 4.44. The molecule has 4 heteroatoms. The van der Waals surface area contributed by atoms with Gasteiger partial charge in [-0.2, -0.15) is 0 Å². The van der Waals surface area contributed by atoms with Gasteiger partial charge in [0.2, 0.25) is 0 Å². The zero-order valence-electron chi connectivity index (χ0n) is 10.6. The highest BCUT2D eigenvalue weighted by Gasteiger charge is 2.25. The number of nitrogens with one attached hydrogen (secondary N) is 1. The van der Waals surface area contributed by atoms with Crippen LogP contribution < -0.4 is 5.32 Å². The molecular formula is C12H23N3S. The van der Waals surface area contributed by atoms with E-state index in [2.05, 4.69) is 31.1 Å². The van der Waals surface area contributed by atoms with E-state index in [0.717, 1.165) is 11.7 Å². The maximum atomic E-state index is 4.74. The number of likely N-dealkylation sites (tertiary alicyclic amines) is 1. The van der Waals surface area contributed by atoms with Crippen LogP contribution in [0.15, 0.2) is 4.99 Å². The summed E-state index contributed by atoms with van der Waals surface area (Å²) in [6.45, 7) is 6.71. The first-order valence-electron chi connectivity index (χ1n) is 6.22. The Kier molecular flexibility index (Phi) is 3.80. The van der Waals surface area contributed by atoms with Gasteiger partial charge in [0, 0.05) is 17.3 Å². The van der Waals surface area contributed by atoms with Crippen LogP contribution in [0.3, 0.4) is 0 Å². The molecule has 0 amide bonds. The molecule has 0 aromatic rings. The minimum atomic E-state index is 0.228. The first-order chi connectivity index (χ1) is 7.57. The topological polar surface area (TPSA) is 27.6 Å². The lowest BCUT2D eigenvalue weighted by Gasteiger charge is -2.32. The van der Waals surface area contributed by atoms with Crippen molar-refractivity contribution in [2.24, 2.45) is 4.99 Å². The van der Waals surface area contributed by atoms with Gasteiger partial charge in [-0.3, -0.25) is 4.99 Å². The minimum Gasteiger partial charge on any atom is -0.360 e. The fraction of sp³-hybridized carbons (Fsp3) is 0.917. The number of rotatable bonds is 2. The molecule has 2 aliphatic heterocycles. The Morgan fingerprint density at radius 2 is 2.38 bits per heavy atom. The van der Waals surface area contributed by atoms with E-state index in [-0.39, 0.29) is 5.54 Å². The van der Waals surface area contributed by atoms with Gasteiger partial charge < -0.3 is 10.2 Å². The summed E-state index contributed by atoms with van der Waals surface area (Å²) in [6, 6.07) is 0.667. The Labute approximate surface area is 103 Å². The summed E-state index contributed by atoms with van der Waals surface area (Å²) >= 11 is 1.87. The second-order valence-electron chi connectivity index (χ2n) is 5.53. The fourth-order valence-corrected chi connectivity index (χ4v) is 3.59. The molecule has 0 spiro atoms. The SMILES string of the molecule is CN1CCCC1CN=C1NC(C)(C)CCS1. The maximum Gasteiger partial charge on any atom is 0.157 e. The molecule has 0 aromatic carbocycles. The third-order valence-electron chi connectivity index (χ3n) is 3.53. The van der Waals surface area contributed by atoms with Gasteiger partial charge in [0.15, 0.2) is 5.17 Å². The summed E-state index contributed by atoms with van der Waals surface area (Å²) in [5.41, 5.74) is 0.228. The summed E-state index contributed by atoms with van der Waals surface area (Å²) < 4.78 is 0. The molecule has 2 fully saturated rings. The van der Waals surface area contributed by atoms with Gasteiger partial charge in [-0.1, -0.05) is 11.8 Å². The van der Waals surface area contributed by atoms with E-state index in [1.165, 1.54) is 31.6 Å². The first-order valence-corrected chi connectivity index (χ1v) is 7.21. The van der Waals surface area contributed by atoms with Gasteiger partial charge in [0.05, 0.1) is 6.54 Å². The van der Waals surface area contributed by atoms with E-state index < -0.39 is 0 Å². The van der Waals surface area contributed by atoms with Crippen molar-refractivity contribution in [2.75, 3.05) is 25.9 Å². The molecule has 92 valence electrons. The van der Waals surface area contributed by atoms with Gasteiger partial charge in [-0.05, 0) is 46.7 Å². The van der Waals surface area contributed by atoms with E-state index >= 15 is 0 Å². The van der Waals surface area contributed by atoms with Gasteiger partial charge >= 0.3 is 0 Å². The molecule has 0 bridgehead atoms. The summed E-state index contributed by atoms with van der Waals surface area (Å²) in [5, 5.41) is 4.68. The van der Waals surface area contributed by atoms with Crippen molar-refractivity contribution in [3.63, 3.8) is 0 Å². The number of amidine groups is 1. The molecule has 2 aliphatic rings. The van der Waals surface area contributed by atoms with E-state index in [1.807, 2.05) is 11.8 Å². The van der Waals surface area contributed by atoms with Gasteiger partial charge in [0.25, 0.3) is 0 Å². The average molecular weight is 241 g/mol. The normalized spacial score (nSPS) is 32.9. The second kappa shape index (κ2) is 4.96. The Bertz CT molecular complexity index is 275. The molecule has 0 saturated carbocycles. The van der Waals surface area contributed by atoms with Crippen LogP contribution in [0.5, 0.6) is 0 Å². The number of hydrogen-bond acceptors (Lipinski definition) is 3. The standard InChI is InChI=1S/C12H23N3S/c1-12(2)6-8-16-11(14-12)13-9-10-5-4-7-15(10)3/h10H,4-9H2,1-3H3,(H,13,14). The first kappa shape index (κ1) is 12.2. The highest BCUT2D eigenvalue weighted by Crippen LogP contribution is 2.22. The highest BCUT2D eigenvalue weighted by atomic mass is 32.2. The Balaban J connectivity index is 1.87. The lowest BCUT2D eigenvalue weighted by Crippen LogP contribution is -2.46. The molecule has 0 aliphatic carbocycles. The number of nitrogens with zero attached hydrogens (tertiary/aromatic N) is 2. The smallest absolute Gasteiger partial charge is 0.157 e. The van der Waals surface area contributed by atoms with E-state index in [4.69, 9.17) is 4.99 Å². The van der Waals surface area contributed by atoms with Gasteiger partial charge in [0.1, 0.15) is 0 Å². The van der Waals surface area contributed by atoms with Gasteiger partial charge in [-0.25, -0.2) is 0 Å². The van der Waals surface area contributed by atoms with Crippen molar-refractivity contribution >= 4 is 16.9 Å². The molecule has 0 radical (unpaired) electrons. The van der Waals surface area contributed by atoms with Crippen LogP contribution in [0.1, 0.15) is 33.1 Å². The predicted octanol–water partition coefficient (Wildman–Crippen LogP) is 1.94. The average Bonchev–Trinajstić information content (AvgIpc) is 2.60. The Morgan fingerprint density at radius 3 is 3.00 bits per heavy atom. The summed E-state index contributed by atoms with van der Waals surface area (Å²) in [6.07, 6.45) is 3.86. The zero-order chi connectivity index (χ0) is 11.6. The van der Waals surface area contributed by atoms with Crippen LogP contribution in [-0.2, 0) is 0 Å². The van der Waals surface area contributed by atoms with Crippen LogP contribution >= 0.6 is 11.8 Å². The van der Waals surface area contributed by atoms with Crippen molar-refractivity contribution in [3.05, 3.63) is 0 Å². The van der Waals surface area contributed by atoms with Crippen LogP contribution in [0, 0.1) is 0 Å². The minimum absolute atomic E-state index is 0.228. The number of aliphatic imine (C=N–C) groups is 1. The van der Waals surface area contributed by atoms with Crippen LogP contribution in [0.2, 0.25) is 0 Å². The number of thioether (sulfide) groups is 1. The van der Waals surface area contributed by atoms with Crippen LogP contribution in [0.25, 0.3) is 0 Å². The third kappa shape index (κ3) is 3.14. The maximum absolute atomic E-state index is 4.74. The summed E-state index contributed by atoms with van der Waals surface area (Å²) in [7, 11) is 2.21. The van der Waals surface area contributed by atoms with Crippen molar-refractivity contribution in [2.45, 2.75) is 44.7 Å². The second-order valence-corrected chi connectivity index (χ2v) is 6.61. The molecule has 2 rings (SSSR count). The molecular weight excluding hydrogens is 218 g/mol. The molecule has 0 aromatic heterocycles. The van der Waals surface area contributed by atoms with Crippen molar-refractivity contribution in [1.29, 1.82) is 0 Å². The fourth-order valence-electron chi connectivity index (χ4n) is 2.27. The molecule has 1 unspecified atom stereocenters. The highest BCUT2D eigenvalue weighted by molar-refractivity contribution is 8.13. The van der Waals surface area contributed by atoms with Crippen LogP contribution in [-0.4, -0.2) is 47.5 Å². The Morgan fingerprint density at radius 1 is 1.56 bits per heavy atom. The number of likely N-dealkylation sites (N-methyl/N-ethyl adjacent to an activating group) is 1. The van der Waals surface area contributed by atoms with Gasteiger partial charge in [-0.15, -0.1) is 0 Å². The Hall–Kier alpha value is -0.220.